The average molecular weight is 915 g/mol. The minimum atomic E-state index is -2.38. The molecule has 0 amide bonds. The van der Waals surface area contributed by atoms with Crippen LogP contribution in [0, 0.1) is 37.2 Å². The number of carbonyl (C=O) groups excluding carboxylic acids is 1. The molecule has 5 aromatic rings. The van der Waals surface area contributed by atoms with Gasteiger partial charge in [0.2, 0.25) is 6.43 Å². The summed E-state index contributed by atoms with van der Waals surface area (Å²) in [6, 6.07) is 20.2. The standard InChI is InChI=1S/C33H34F2N3.C13H24O2.Ir/c1-19(2)26-17-24(16-23-10-8-9-11-25(23)26)29-30-27(12-13-36-29)38(7)31(37-30)28-20(3)14-22(15-21(28)4)18-33(5,6)32(34)35;1-5-10(6-2)12(14)9-13(15)11(7-3)8-4;/h8-15,17,19,32H,18H2,1-7H3;9-11,14H,5-8H2,1-4H3;/q-1;;/b;12-9-;. The first kappa shape index (κ1) is 44.7. The van der Waals surface area contributed by atoms with Crippen molar-refractivity contribution in [3.05, 3.63) is 94.9 Å². The molecule has 0 aliphatic rings. The first-order valence-electron chi connectivity index (χ1n) is 19.2. The van der Waals surface area contributed by atoms with Gasteiger partial charge in [-0.05, 0) is 74.6 Å². The summed E-state index contributed by atoms with van der Waals surface area (Å²) in [5.41, 5.74) is 7.73. The Bertz CT molecular complexity index is 2050. The number of aryl methyl sites for hydroxylation is 3. The molecule has 0 atom stereocenters. The van der Waals surface area contributed by atoms with Crippen LogP contribution in [-0.4, -0.2) is 31.9 Å². The van der Waals surface area contributed by atoms with Gasteiger partial charge in [0.15, 0.2) is 5.78 Å². The van der Waals surface area contributed by atoms with Gasteiger partial charge in [0.25, 0.3) is 0 Å². The van der Waals surface area contributed by atoms with E-state index in [1.54, 1.807) is 13.8 Å². The Labute approximate surface area is 335 Å². The van der Waals surface area contributed by atoms with E-state index in [4.69, 9.17) is 9.97 Å². The molecule has 0 saturated heterocycles. The second kappa shape index (κ2) is 19.2. The zero-order valence-corrected chi connectivity index (χ0v) is 36.3. The summed E-state index contributed by atoms with van der Waals surface area (Å²) < 4.78 is 29.2. The number of fused-ring (bicyclic) bond motifs is 2. The molecule has 0 aliphatic carbocycles. The molecule has 1 N–H and O–H groups in total. The third-order valence-electron chi connectivity index (χ3n) is 10.6. The summed E-state index contributed by atoms with van der Waals surface area (Å²) in [6.07, 6.45) is 4.68. The minimum Gasteiger partial charge on any atom is -0.512 e. The monoisotopic (exact) mass is 915 g/mol. The first-order chi connectivity index (χ1) is 25.1. The van der Waals surface area contributed by atoms with Gasteiger partial charge in [0, 0.05) is 67.9 Å². The number of benzene rings is 3. The topological polar surface area (TPSA) is 68.0 Å². The van der Waals surface area contributed by atoms with Gasteiger partial charge in [-0.1, -0.05) is 96.7 Å². The molecule has 0 fully saturated rings. The van der Waals surface area contributed by atoms with Crippen molar-refractivity contribution in [2.45, 2.75) is 114 Å². The fraction of sp³-hybridized carbons (Fsp3) is 0.457. The van der Waals surface area contributed by atoms with Crippen molar-refractivity contribution in [1.82, 2.24) is 14.5 Å². The fourth-order valence-electron chi connectivity index (χ4n) is 7.29. The van der Waals surface area contributed by atoms with Gasteiger partial charge >= 0.3 is 0 Å². The molecule has 5 rings (SSSR count). The molecule has 54 heavy (non-hydrogen) atoms. The van der Waals surface area contributed by atoms with Crippen LogP contribution in [0.5, 0.6) is 0 Å². The van der Waals surface area contributed by atoms with Crippen LogP contribution in [0.1, 0.15) is 109 Å². The molecule has 0 spiro atoms. The number of aromatic nitrogens is 3. The Balaban J connectivity index is 0.000000418. The van der Waals surface area contributed by atoms with Crippen molar-refractivity contribution >= 4 is 27.6 Å². The van der Waals surface area contributed by atoms with Gasteiger partial charge in [-0.2, -0.15) is 0 Å². The molecule has 0 aliphatic heterocycles. The Morgan fingerprint density at radius 2 is 1.54 bits per heavy atom. The Kier molecular flexibility index (Phi) is 15.9. The number of hydrogen-bond donors (Lipinski definition) is 1. The number of pyridine rings is 1. The molecule has 0 unspecified atom stereocenters. The van der Waals surface area contributed by atoms with Crippen molar-refractivity contribution in [3.63, 3.8) is 0 Å². The second-order valence-corrected chi connectivity index (χ2v) is 15.4. The van der Waals surface area contributed by atoms with Crippen LogP contribution in [0.15, 0.2) is 66.6 Å². The summed E-state index contributed by atoms with van der Waals surface area (Å²) in [6.45, 7) is 19.8. The van der Waals surface area contributed by atoms with Gasteiger partial charge in [0.05, 0.1) is 16.8 Å². The van der Waals surface area contributed by atoms with Gasteiger partial charge in [-0.3, -0.25) is 9.78 Å². The van der Waals surface area contributed by atoms with E-state index in [1.807, 2.05) is 79.1 Å². The van der Waals surface area contributed by atoms with E-state index in [0.29, 0.717) is 12.3 Å². The number of ketones is 1. The second-order valence-electron chi connectivity index (χ2n) is 15.4. The summed E-state index contributed by atoms with van der Waals surface area (Å²) in [7, 11) is 2.02. The molecule has 0 saturated carbocycles. The van der Waals surface area contributed by atoms with E-state index in [-0.39, 0.29) is 43.5 Å². The Morgan fingerprint density at radius 1 is 0.944 bits per heavy atom. The maximum Gasteiger partial charge on any atom is 0.243 e. The minimum absolute atomic E-state index is 0. The summed E-state index contributed by atoms with van der Waals surface area (Å²) in [5, 5.41) is 12.0. The number of rotatable bonds is 13. The number of hydrogen-bond acceptors (Lipinski definition) is 4. The molecule has 1 radical (unpaired) electrons. The van der Waals surface area contributed by atoms with Crippen LogP contribution in [0.2, 0.25) is 0 Å². The van der Waals surface area contributed by atoms with E-state index in [9.17, 15) is 18.7 Å². The molecule has 3 aromatic carbocycles. The number of aliphatic hydroxyl groups is 1. The Morgan fingerprint density at radius 3 is 2.09 bits per heavy atom. The number of halogens is 2. The molecule has 2 heterocycles. The van der Waals surface area contributed by atoms with Crippen molar-refractivity contribution < 1.29 is 38.8 Å². The zero-order valence-electron chi connectivity index (χ0n) is 33.9. The van der Waals surface area contributed by atoms with E-state index in [2.05, 4.69) is 48.7 Å². The largest absolute Gasteiger partial charge is 0.512 e. The maximum atomic E-state index is 13.5. The quantitative estimate of drug-likeness (QED) is 0.0726. The number of allylic oxidation sites excluding steroid dienone is 2. The normalized spacial score (nSPS) is 12.2. The van der Waals surface area contributed by atoms with Gasteiger partial charge in [0.1, 0.15) is 5.82 Å². The van der Waals surface area contributed by atoms with Crippen molar-refractivity contribution in [1.29, 1.82) is 0 Å². The smallest absolute Gasteiger partial charge is 0.243 e. The number of aliphatic hydroxyl groups excluding tert-OH is 1. The third-order valence-corrected chi connectivity index (χ3v) is 10.6. The third kappa shape index (κ3) is 9.92. The number of imidazole rings is 1. The van der Waals surface area contributed by atoms with Crippen LogP contribution >= 0.6 is 0 Å². The average Bonchev–Trinajstić information content (AvgIpc) is 3.44. The zero-order chi connectivity index (χ0) is 39.2. The van der Waals surface area contributed by atoms with E-state index in [1.165, 1.54) is 17.0 Å². The van der Waals surface area contributed by atoms with E-state index >= 15 is 0 Å². The predicted octanol–water partition coefficient (Wildman–Crippen LogP) is 12.7. The van der Waals surface area contributed by atoms with Crippen molar-refractivity contribution in [2.24, 2.45) is 24.3 Å². The van der Waals surface area contributed by atoms with Gasteiger partial charge in [-0.15, -0.1) is 29.1 Å². The first-order valence-corrected chi connectivity index (χ1v) is 19.2. The van der Waals surface area contributed by atoms with Crippen molar-refractivity contribution in [2.75, 3.05) is 0 Å². The van der Waals surface area contributed by atoms with E-state index in [0.717, 1.165) is 81.4 Å². The molecule has 2 aromatic heterocycles. The molecular formula is C46H58F2IrN3O2-. The number of nitrogens with zero attached hydrogens (tertiary/aromatic N) is 3. The van der Waals surface area contributed by atoms with Gasteiger partial charge < -0.3 is 9.67 Å². The van der Waals surface area contributed by atoms with Crippen LogP contribution in [0.3, 0.4) is 0 Å². The molecule has 8 heteroatoms. The summed E-state index contributed by atoms with van der Waals surface area (Å²) in [5.74, 6) is 1.74. The van der Waals surface area contributed by atoms with Crippen molar-refractivity contribution in [3.8, 4) is 22.6 Å². The van der Waals surface area contributed by atoms with Crippen LogP contribution in [0.4, 0.5) is 8.78 Å². The molecular weight excluding hydrogens is 857 g/mol. The predicted molar refractivity (Wildman–Crippen MR) is 217 cm³/mol. The summed E-state index contributed by atoms with van der Waals surface area (Å²) in [4.78, 5) is 21.6. The number of alkyl halides is 2. The molecule has 5 nitrogen and oxygen atoms in total. The molecule has 0 bridgehead atoms. The van der Waals surface area contributed by atoms with Crippen LogP contribution in [-0.2, 0) is 38.4 Å². The SMILES string of the molecule is CCC(CC)C(=O)/C=C(\O)C(CC)CC.Cc1cc(CC(C)(C)C(F)F)cc(C)c1-c1nc2c(-c3[c-]c4ccccc4c(C(C)C)c3)nccc2n1C.[Ir]. The van der Waals surface area contributed by atoms with E-state index < -0.39 is 11.8 Å². The number of carbonyl (C=O) groups is 1. The summed E-state index contributed by atoms with van der Waals surface area (Å²) >= 11 is 0. The fourth-order valence-corrected chi connectivity index (χ4v) is 7.29. The molecule has 293 valence electrons. The van der Waals surface area contributed by atoms with Crippen LogP contribution in [0.25, 0.3) is 44.5 Å². The maximum absolute atomic E-state index is 13.5. The Hall–Kier alpha value is -3.74. The van der Waals surface area contributed by atoms with Gasteiger partial charge in [-0.25, -0.2) is 13.8 Å². The van der Waals surface area contributed by atoms with Crippen LogP contribution < -0.4 is 0 Å².